The molecule has 0 aromatic rings. The van der Waals surface area contributed by atoms with E-state index in [0.29, 0.717) is 0 Å². The molecular formula is C12H18F6O4. The predicted octanol–water partition coefficient (Wildman–Crippen LogP) is 2.94. The summed E-state index contributed by atoms with van der Waals surface area (Å²) in [4.78, 5) is 20.7. The van der Waals surface area contributed by atoms with E-state index in [-0.39, 0.29) is 6.61 Å². The largest absolute Gasteiger partial charge is 0.467 e. The van der Waals surface area contributed by atoms with Gasteiger partial charge in [0.15, 0.2) is 6.17 Å². The molecule has 0 radical (unpaired) electrons. The summed E-state index contributed by atoms with van der Waals surface area (Å²) < 4.78 is 79.0. The maximum atomic E-state index is 12.1. The minimum atomic E-state index is -4.31. The van der Waals surface area contributed by atoms with Crippen LogP contribution in [0.25, 0.3) is 0 Å². The third kappa shape index (κ3) is 10.3. The molecule has 3 atom stereocenters. The molecule has 0 N–H and O–H groups in total. The molecule has 0 spiro atoms. The lowest BCUT2D eigenvalue weighted by Crippen LogP contribution is -2.29. The van der Waals surface area contributed by atoms with Gasteiger partial charge in [-0.15, -0.1) is 0 Å². The average Bonchev–Trinajstić information content (AvgIpc) is 2.44. The molecule has 0 heterocycles. The second kappa shape index (κ2) is 11.1. The van der Waals surface area contributed by atoms with Crippen molar-refractivity contribution in [1.29, 1.82) is 0 Å². The Bertz CT molecular complexity index is 334. The van der Waals surface area contributed by atoms with Crippen molar-refractivity contribution in [2.45, 2.75) is 38.8 Å². The fourth-order valence-electron chi connectivity index (χ4n) is 0.924. The van der Waals surface area contributed by atoms with Gasteiger partial charge in [-0.3, -0.25) is 4.79 Å². The normalized spacial score (nSPS) is 15.0. The molecule has 0 aliphatic carbocycles. The summed E-state index contributed by atoms with van der Waals surface area (Å²) in [5.74, 6) is -3.82. The molecule has 10 heteroatoms. The van der Waals surface area contributed by atoms with Gasteiger partial charge in [-0.2, -0.15) is 13.2 Å². The van der Waals surface area contributed by atoms with Crippen molar-refractivity contribution >= 4 is 11.9 Å². The molecule has 0 aromatic carbocycles. The maximum Gasteiger partial charge on any atom is 0.392 e. The Morgan fingerprint density at radius 1 is 1.18 bits per heavy atom. The maximum absolute atomic E-state index is 12.1. The lowest BCUT2D eigenvalue weighted by atomic mass is 10.1. The van der Waals surface area contributed by atoms with Crippen LogP contribution in [0.2, 0.25) is 0 Å². The van der Waals surface area contributed by atoms with Gasteiger partial charge in [-0.05, 0) is 6.92 Å². The summed E-state index contributed by atoms with van der Waals surface area (Å²) in [5, 5.41) is 0. The molecular weight excluding hydrogens is 322 g/mol. The third-order valence-corrected chi connectivity index (χ3v) is 2.23. The molecule has 22 heavy (non-hydrogen) atoms. The third-order valence-electron chi connectivity index (χ3n) is 2.23. The summed E-state index contributed by atoms with van der Waals surface area (Å²) in [6, 6.07) is 0. The standard InChI is InChI=1S/C7H11F3O2.C5H7F3O2/c1-3-12-6(11)4-5(2)7(8,9)10;1-10-5(9)4(8)3(7)2-6/h5H,3-4H2,1-2H3;3-4H,2H2,1H3. The minimum Gasteiger partial charge on any atom is -0.467 e. The molecule has 4 nitrogen and oxygen atoms in total. The van der Waals surface area contributed by atoms with Crippen LogP contribution in [0.3, 0.4) is 0 Å². The Hall–Kier alpha value is -1.48. The number of ether oxygens (including phenoxy) is 2. The van der Waals surface area contributed by atoms with E-state index in [1.54, 1.807) is 6.92 Å². The summed E-state index contributed by atoms with van der Waals surface area (Å²) >= 11 is 0. The SMILES string of the molecule is CCOC(=O)CC(C)C(F)(F)F.COC(=O)C(F)C(F)CF. The smallest absolute Gasteiger partial charge is 0.392 e. The van der Waals surface area contributed by atoms with E-state index in [4.69, 9.17) is 0 Å². The van der Waals surface area contributed by atoms with Crippen LogP contribution in [0.1, 0.15) is 20.3 Å². The van der Waals surface area contributed by atoms with Gasteiger partial charge in [0.1, 0.15) is 6.67 Å². The fourth-order valence-corrected chi connectivity index (χ4v) is 0.924. The second-order valence-corrected chi connectivity index (χ2v) is 4.05. The van der Waals surface area contributed by atoms with E-state index in [9.17, 15) is 35.9 Å². The van der Waals surface area contributed by atoms with Crippen LogP contribution in [0.15, 0.2) is 0 Å². The number of rotatable bonds is 6. The van der Waals surface area contributed by atoms with Crippen molar-refractivity contribution in [3.05, 3.63) is 0 Å². The van der Waals surface area contributed by atoms with Crippen molar-refractivity contribution < 1.29 is 45.4 Å². The molecule has 0 aromatic heterocycles. The van der Waals surface area contributed by atoms with Crippen molar-refractivity contribution in [3.8, 4) is 0 Å². The number of hydrogen-bond acceptors (Lipinski definition) is 4. The fraction of sp³-hybridized carbons (Fsp3) is 0.833. The van der Waals surface area contributed by atoms with Crippen molar-refractivity contribution in [3.63, 3.8) is 0 Å². The molecule has 0 rings (SSSR count). The van der Waals surface area contributed by atoms with Crippen molar-refractivity contribution in [2.24, 2.45) is 5.92 Å². The molecule has 132 valence electrons. The number of carbonyl (C=O) groups is 2. The van der Waals surface area contributed by atoms with E-state index >= 15 is 0 Å². The first-order valence-electron chi connectivity index (χ1n) is 6.15. The van der Waals surface area contributed by atoms with Gasteiger partial charge in [0.2, 0.25) is 6.17 Å². The zero-order valence-electron chi connectivity index (χ0n) is 12.3. The van der Waals surface area contributed by atoms with Crippen molar-refractivity contribution in [1.82, 2.24) is 0 Å². The molecule has 0 aliphatic heterocycles. The molecule has 0 bridgehead atoms. The van der Waals surface area contributed by atoms with E-state index in [2.05, 4.69) is 9.47 Å². The first-order valence-corrected chi connectivity index (χ1v) is 6.15. The summed E-state index contributed by atoms with van der Waals surface area (Å²) in [6.45, 7) is 1.10. The predicted molar refractivity (Wildman–Crippen MR) is 64.3 cm³/mol. The van der Waals surface area contributed by atoms with Gasteiger partial charge in [-0.1, -0.05) is 6.92 Å². The highest BCUT2D eigenvalue weighted by Crippen LogP contribution is 2.28. The Kier molecular flexibility index (Phi) is 11.5. The summed E-state index contributed by atoms with van der Waals surface area (Å²) in [6.07, 6.45) is -9.83. The van der Waals surface area contributed by atoms with Crippen LogP contribution >= 0.6 is 0 Å². The Morgan fingerprint density at radius 2 is 1.68 bits per heavy atom. The topological polar surface area (TPSA) is 52.6 Å². The zero-order valence-corrected chi connectivity index (χ0v) is 12.3. The highest BCUT2D eigenvalue weighted by atomic mass is 19.4. The van der Waals surface area contributed by atoms with Gasteiger partial charge in [0.05, 0.1) is 26.1 Å². The highest BCUT2D eigenvalue weighted by molar-refractivity contribution is 5.75. The van der Waals surface area contributed by atoms with E-state index in [1.807, 2.05) is 0 Å². The number of carbonyl (C=O) groups excluding carboxylic acids is 2. The monoisotopic (exact) mass is 340 g/mol. The Morgan fingerprint density at radius 3 is 2.00 bits per heavy atom. The van der Waals surface area contributed by atoms with Crippen LogP contribution < -0.4 is 0 Å². The number of hydrogen-bond donors (Lipinski definition) is 0. The van der Waals surface area contributed by atoms with Gasteiger partial charge in [-0.25, -0.2) is 18.0 Å². The molecule has 0 fully saturated rings. The molecule has 0 saturated carbocycles. The number of alkyl halides is 6. The van der Waals surface area contributed by atoms with Crippen LogP contribution in [0.4, 0.5) is 26.3 Å². The quantitative estimate of drug-likeness (QED) is 0.551. The number of halogens is 6. The molecule has 3 unspecified atom stereocenters. The average molecular weight is 340 g/mol. The lowest BCUT2D eigenvalue weighted by Gasteiger charge is -2.13. The van der Waals surface area contributed by atoms with Gasteiger partial charge in [0.25, 0.3) is 0 Å². The van der Waals surface area contributed by atoms with Crippen molar-refractivity contribution in [2.75, 3.05) is 20.4 Å². The summed E-state index contributed by atoms with van der Waals surface area (Å²) in [5.41, 5.74) is 0. The molecule has 0 aliphatic rings. The molecule has 0 saturated heterocycles. The summed E-state index contributed by atoms with van der Waals surface area (Å²) in [7, 11) is 0.903. The van der Waals surface area contributed by atoms with E-state index in [0.717, 1.165) is 14.0 Å². The zero-order chi connectivity index (χ0) is 17.9. The second-order valence-electron chi connectivity index (χ2n) is 4.05. The molecule has 0 amide bonds. The first kappa shape index (κ1) is 22.8. The highest BCUT2D eigenvalue weighted by Gasteiger charge is 2.37. The van der Waals surface area contributed by atoms with Crippen LogP contribution in [0, 0.1) is 5.92 Å². The minimum absolute atomic E-state index is 0.114. The number of esters is 2. The van der Waals surface area contributed by atoms with Gasteiger partial charge < -0.3 is 9.47 Å². The van der Waals surface area contributed by atoms with Crippen LogP contribution in [-0.4, -0.2) is 50.8 Å². The van der Waals surface area contributed by atoms with E-state index < -0.39 is 49.5 Å². The lowest BCUT2D eigenvalue weighted by molar-refractivity contribution is -0.180. The Labute approximate surface area is 123 Å². The van der Waals surface area contributed by atoms with E-state index in [1.165, 1.54) is 0 Å². The van der Waals surface area contributed by atoms with Crippen LogP contribution in [-0.2, 0) is 19.1 Å². The van der Waals surface area contributed by atoms with Crippen LogP contribution in [0.5, 0.6) is 0 Å². The first-order chi connectivity index (χ1) is 10.0. The Balaban J connectivity index is 0. The van der Waals surface area contributed by atoms with Gasteiger partial charge >= 0.3 is 18.1 Å². The number of methoxy groups -OCH3 is 1. The van der Waals surface area contributed by atoms with Gasteiger partial charge in [0, 0.05) is 0 Å².